The maximum Gasteiger partial charge on any atom is 0.248 e. The van der Waals surface area contributed by atoms with Gasteiger partial charge in [0.05, 0.1) is 6.04 Å². The van der Waals surface area contributed by atoms with Crippen LogP contribution in [0.1, 0.15) is 24.8 Å². The van der Waals surface area contributed by atoms with Crippen LogP contribution < -0.4 is 5.73 Å². The van der Waals surface area contributed by atoms with E-state index in [1.54, 1.807) is 7.05 Å². The SMILES string of the molecule is CCn1cc(S(=O)(=O)N(C)C(C)c2cccs2)c(N)n1. The van der Waals surface area contributed by atoms with Crippen LogP contribution in [0.3, 0.4) is 0 Å². The molecule has 110 valence electrons. The normalized spacial score (nSPS) is 13.8. The highest BCUT2D eigenvalue weighted by molar-refractivity contribution is 7.89. The topological polar surface area (TPSA) is 81.2 Å². The number of hydrogen-bond acceptors (Lipinski definition) is 5. The number of nitrogens with zero attached hydrogens (tertiary/aromatic N) is 3. The molecule has 1 atom stereocenters. The van der Waals surface area contributed by atoms with Crippen molar-refractivity contribution in [1.29, 1.82) is 0 Å². The van der Waals surface area contributed by atoms with E-state index in [1.165, 1.54) is 26.5 Å². The number of nitrogen functional groups attached to an aromatic ring is 1. The van der Waals surface area contributed by atoms with Gasteiger partial charge in [-0.1, -0.05) is 6.07 Å². The Hall–Kier alpha value is -1.38. The molecule has 0 aliphatic carbocycles. The Bertz CT molecular complexity index is 676. The molecule has 0 saturated heterocycles. The zero-order valence-electron chi connectivity index (χ0n) is 11.6. The molecule has 0 aromatic carbocycles. The van der Waals surface area contributed by atoms with Gasteiger partial charge < -0.3 is 5.73 Å². The molecule has 0 amide bonds. The van der Waals surface area contributed by atoms with Crippen LogP contribution in [0, 0.1) is 0 Å². The molecule has 0 bridgehead atoms. The molecule has 0 fully saturated rings. The molecule has 0 radical (unpaired) electrons. The Morgan fingerprint density at radius 3 is 2.75 bits per heavy atom. The van der Waals surface area contributed by atoms with E-state index in [1.807, 2.05) is 31.4 Å². The van der Waals surface area contributed by atoms with Crippen molar-refractivity contribution in [3.05, 3.63) is 28.6 Å². The van der Waals surface area contributed by atoms with Gasteiger partial charge in [-0.15, -0.1) is 11.3 Å². The van der Waals surface area contributed by atoms with Gasteiger partial charge in [-0.05, 0) is 25.3 Å². The summed E-state index contributed by atoms with van der Waals surface area (Å²) in [6.45, 7) is 4.30. The minimum atomic E-state index is -3.65. The Kier molecular flexibility index (Phi) is 4.17. The van der Waals surface area contributed by atoms with Crippen molar-refractivity contribution in [3.63, 3.8) is 0 Å². The summed E-state index contributed by atoms with van der Waals surface area (Å²) < 4.78 is 28.1. The predicted molar refractivity (Wildman–Crippen MR) is 80.0 cm³/mol. The lowest BCUT2D eigenvalue weighted by Crippen LogP contribution is -2.29. The summed E-state index contributed by atoms with van der Waals surface area (Å²) in [6, 6.07) is 3.57. The van der Waals surface area contributed by atoms with Gasteiger partial charge in [0.25, 0.3) is 0 Å². The van der Waals surface area contributed by atoms with Gasteiger partial charge in [-0.25, -0.2) is 8.42 Å². The second kappa shape index (κ2) is 5.55. The minimum Gasteiger partial charge on any atom is -0.381 e. The second-order valence-corrected chi connectivity index (χ2v) is 7.39. The maximum atomic E-state index is 12.6. The molecular formula is C12H18N4O2S2. The smallest absolute Gasteiger partial charge is 0.248 e. The average Bonchev–Trinajstić information content (AvgIpc) is 3.05. The van der Waals surface area contributed by atoms with Crippen LogP contribution in [0.25, 0.3) is 0 Å². The van der Waals surface area contributed by atoms with Crippen molar-refractivity contribution in [3.8, 4) is 0 Å². The van der Waals surface area contributed by atoms with Gasteiger partial charge >= 0.3 is 0 Å². The largest absolute Gasteiger partial charge is 0.381 e. The fourth-order valence-electron chi connectivity index (χ4n) is 1.85. The highest BCUT2D eigenvalue weighted by Gasteiger charge is 2.30. The van der Waals surface area contributed by atoms with Gasteiger partial charge in [-0.2, -0.15) is 9.40 Å². The summed E-state index contributed by atoms with van der Waals surface area (Å²) in [7, 11) is -2.09. The van der Waals surface area contributed by atoms with Gasteiger partial charge in [0.2, 0.25) is 10.0 Å². The lowest BCUT2D eigenvalue weighted by molar-refractivity contribution is 0.403. The quantitative estimate of drug-likeness (QED) is 0.914. The summed E-state index contributed by atoms with van der Waals surface area (Å²) >= 11 is 1.53. The first-order chi connectivity index (χ1) is 9.37. The van der Waals surface area contributed by atoms with Crippen molar-refractivity contribution in [1.82, 2.24) is 14.1 Å². The first-order valence-electron chi connectivity index (χ1n) is 6.22. The number of thiophene rings is 1. The van der Waals surface area contributed by atoms with Crippen molar-refractivity contribution in [2.75, 3.05) is 12.8 Å². The predicted octanol–water partition coefficient (Wildman–Crippen LogP) is 1.93. The highest BCUT2D eigenvalue weighted by Crippen LogP contribution is 2.30. The molecule has 0 saturated carbocycles. The number of aryl methyl sites for hydroxylation is 1. The first-order valence-corrected chi connectivity index (χ1v) is 8.54. The van der Waals surface area contributed by atoms with Crippen molar-refractivity contribution >= 4 is 27.2 Å². The van der Waals surface area contributed by atoms with Crippen LogP contribution in [-0.4, -0.2) is 29.6 Å². The number of rotatable bonds is 5. The first kappa shape index (κ1) is 15.0. The molecule has 0 aliphatic rings. The van der Waals surface area contributed by atoms with E-state index >= 15 is 0 Å². The van der Waals surface area contributed by atoms with E-state index in [0.29, 0.717) is 6.54 Å². The van der Waals surface area contributed by atoms with Crippen LogP contribution in [0.2, 0.25) is 0 Å². The van der Waals surface area contributed by atoms with Crippen LogP contribution in [-0.2, 0) is 16.6 Å². The third kappa shape index (κ3) is 2.58. The Morgan fingerprint density at radius 1 is 1.55 bits per heavy atom. The number of anilines is 1. The van der Waals surface area contributed by atoms with Crippen LogP contribution in [0.15, 0.2) is 28.6 Å². The van der Waals surface area contributed by atoms with E-state index in [2.05, 4.69) is 5.10 Å². The third-order valence-corrected chi connectivity index (χ3v) is 6.22. The molecule has 8 heteroatoms. The summed E-state index contributed by atoms with van der Waals surface area (Å²) in [4.78, 5) is 1.04. The number of aromatic nitrogens is 2. The number of hydrogen-bond donors (Lipinski definition) is 1. The van der Waals surface area contributed by atoms with Crippen LogP contribution >= 0.6 is 11.3 Å². The van der Waals surface area contributed by atoms with E-state index in [4.69, 9.17) is 5.73 Å². The average molecular weight is 314 g/mol. The summed E-state index contributed by atoms with van der Waals surface area (Å²) in [5, 5.41) is 5.92. The molecule has 6 nitrogen and oxygen atoms in total. The molecule has 2 heterocycles. The third-order valence-electron chi connectivity index (χ3n) is 3.24. The summed E-state index contributed by atoms with van der Waals surface area (Å²) in [5.41, 5.74) is 5.72. The van der Waals surface area contributed by atoms with Crippen molar-refractivity contribution in [2.45, 2.75) is 31.3 Å². The van der Waals surface area contributed by atoms with E-state index in [-0.39, 0.29) is 16.8 Å². The van der Waals surface area contributed by atoms with E-state index in [0.717, 1.165) is 4.88 Å². The number of nitrogens with two attached hydrogens (primary N) is 1. The van der Waals surface area contributed by atoms with Gasteiger partial charge in [0.1, 0.15) is 4.90 Å². The molecule has 2 rings (SSSR count). The van der Waals surface area contributed by atoms with Crippen molar-refractivity contribution < 1.29 is 8.42 Å². The minimum absolute atomic E-state index is 0.0390. The standard InChI is InChI=1S/C12H18N4O2S2/c1-4-16-8-11(12(13)14-16)20(17,18)15(3)9(2)10-6-5-7-19-10/h5-9H,4H2,1-3H3,(H2,13,14). The highest BCUT2D eigenvalue weighted by atomic mass is 32.2. The molecule has 20 heavy (non-hydrogen) atoms. The Labute approximate surface area is 122 Å². The second-order valence-electron chi connectivity index (χ2n) is 4.45. The molecule has 2 aromatic rings. The summed E-state index contributed by atoms with van der Waals surface area (Å²) in [5.74, 6) is 0.0390. The zero-order chi connectivity index (χ0) is 14.9. The zero-order valence-corrected chi connectivity index (χ0v) is 13.3. The lowest BCUT2D eigenvalue weighted by Gasteiger charge is -2.22. The van der Waals surface area contributed by atoms with Crippen LogP contribution in [0.5, 0.6) is 0 Å². The molecule has 2 aromatic heterocycles. The Balaban J connectivity index is 2.36. The fourth-order valence-corrected chi connectivity index (χ4v) is 4.14. The number of sulfonamides is 1. The van der Waals surface area contributed by atoms with E-state index in [9.17, 15) is 8.42 Å². The monoisotopic (exact) mass is 314 g/mol. The Morgan fingerprint density at radius 2 is 2.25 bits per heavy atom. The molecule has 0 spiro atoms. The van der Waals surface area contributed by atoms with Gasteiger partial charge in [0.15, 0.2) is 5.82 Å². The molecular weight excluding hydrogens is 296 g/mol. The molecule has 0 aliphatic heterocycles. The van der Waals surface area contributed by atoms with Crippen LogP contribution in [0.4, 0.5) is 5.82 Å². The maximum absolute atomic E-state index is 12.6. The van der Waals surface area contributed by atoms with E-state index < -0.39 is 10.0 Å². The van der Waals surface area contributed by atoms with Gasteiger partial charge in [0, 0.05) is 24.7 Å². The van der Waals surface area contributed by atoms with Gasteiger partial charge in [-0.3, -0.25) is 4.68 Å². The fraction of sp³-hybridized carbons (Fsp3) is 0.417. The summed E-state index contributed by atoms with van der Waals surface area (Å²) in [6.07, 6.45) is 1.47. The molecule has 1 unspecified atom stereocenters. The molecule has 2 N–H and O–H groups in total. The lowest BCUT2D eigenvalue weighted by atomic mass is 10.3. The van der Waals surface area contributed by atoms with Crippen molar-refractivity contribution in [2.24, 2.45) is 0 Å².